The number of halogens is 4. The predicted octanol–water partition coefficient (Wildman–Crippen LogP) is 2.05. The molecule has 0 amide bonds. The summed E-state index contributed by atoms with van der Waals surface area (Å²) in [4.78, 5) is 10.5. The molecule has 1 unspecified atom stereocenters. The Bertz CT molecular complexity index is 478. The number of aliphatic carboxylic acids is 1. The van der Waals surface area contributed by atoms with Gasteiger partial charge in [-0.2, -0.15) is 0 Å². The second-order valence-electron chi connectivity index (χ2n) is 3.20. The summed E-state index contributed by atoms with van der Waals surface area (Å²) in [6, 6.07) is 1.73. The third-order valence-electron chi connectivity index (χ3n) is 1.89. The van der Waals surface area contributed by atoms with E-state index in [1.54, 1.807) is 0 Å². The minimum atomic E-state index is -4.90. The smallest absolute Gasteiger partial charge is 0.479 e. The molecule has 0 aliphatic carbocycles. The molecule has 0 fully saturated rings. The Labute approximate surface area is 107 Å². The fraction of sp³-hybridized carbons (Fsp3) is 0.222. The first-order chi connectivity index (χ1) is 8.11. The van der Waals surface area contributed by atoms with Gasteiger partial charge >= 0.3 is 12.3 Å². The van der Waals surface area contributed by atoms with E-state index in [2.05, 4.69) is 20.7 Å². The largest absolute Gasteiger partial charge is 0.573 e. The van der Waals surface area contributed by atoms with E-state index >= 15 is 0 Å². The van der Waals surface area contributed by atoms with Crippen LogP contribution in [-0.4, -0.2) is 22.5 Å². The van der Waals surface area contributed by atoms with Gasteiger partial charge in [0.25, 0.3) is 0 Å². The summed E-state index contributed by atoms with van der Waals surface area (Å²) < 4.78 is 39.5. The molecule has 0 heterocycles. The molecule has 1 aromatic rings. The van der Waals surface area contributed by atoms with E-state index in [-0.39, 0.29) is 15.7 Å². The van der Waals surface area contributed by atoms with E-state index in [1.807, 2.05) is 0 Å². The molecule has 0 saturated carbocycles. The van der Waals surface area contributed by atoms with Crippen LogP contribution < -0.4 is 10.5 Å². The summed E-state index contributed by atoms with van der Waals surface area (Å²) in [7, 11) is 0. The van der Waals surface area contributed by atoms with Crippen molar-refractivity contribution in [1.82, 2.24) is 0 Å². The van der Waals surface area contributed by atoms with Gasteiger partial charge in [0.15, 0.2) is 6.10 Å². The lowest BCUT2D eigenvalue weighted by atomic mass is 10.1. The first kappa shape index (κ1) is 14.6. The molecule has 100 valence electrons. The number of benzene rings is 1. The molecule has 0 aliphatic heterocycles. The Balaban J connectivity index is 3.16. The van der Waals surface area contributed by atoms with Crippen LogP contribution in [0.3, 0.4) is 0 Å². The van der Waals surface area contributed by atoms with Crippen LogP contribution in [0.2, 0.25) is 0 Å². The minimum absolute atomic E-state index is 0.177. The number of carboxylic acid groups (broad SMARTS) is 1. The van der Waals surface area contributed by atoms with Gasteiger partial charge in [0, 0.05) is 17.3 Å². The van der Waals surface area contributed by atoms with E-state index in [1.165, 1.54) is 0 Å². The Hall–Kier alpha value is -1.48. The number of rotatable bonds is 3. The number of anilines is 1. The topological polar surface area (TPSA) is 92.8 Å². The third kappa shape index (κ3) is 3.50. The number of carboxylic acids is 1. The predicted molar refractivity (Wildman–Crippen MR) is 57.8 cm³/mol. The van der Waals surface area contributed by atoms with E-state index in [0.717, 1.165) is 12.1 Å². The number of carbonyl (C=O) groups is 1. The summed E-state index contributed by atoms with van der Waals surface area (Å²) in [5, 5.41) is 17.8. The summed E-state index contributed by atoms with van der Waals surface area (Å²) in [5.74, 6) is -2.19. The maximum Gasteiger partial charge on any atom is 0.573 e. The highest BCUT2D eigenvalue weighted by Gasteiger charge is 2.32. The molecular weight excluding hydrogens is 323 g/mol. The van der Waals surface area contributed by atoms with Gasteiger partial charge in [0.2, 0.25) is 0 Å². The van der Waals surface area contributed by atoms with Crippen LogP contribution in [0.4, 0.5) is 18.9 Å². The number of ether oxygens (including phenoxy) is 1. The molecule has 0 spiro atoms. The van der Waals surface area contributed by atoms with Crippen LogP contribution in [0.15, 0.2) is 16.6 Å². The van der Waals surface area contributed by atoms with Crippen molar-refractivity contribution in [1.29, 1.82) is 0 Å². The summed E-state index contributed by atoms with van der Waals surface area (Å²) >= 11 is 2.77. The molecule has 0 saturated heterocycles. The monoisotopic (exact) mass is 329 g/mol. The number of nitrogens with two attached hydrogens (primary N) is 1. The number of hydrogen-bond acceptors (Lipinski definition) is 4. The van der Waals surface area contributed by atoms with Crippen LogP contribution in [0.1, 0.15) is 11.7 Å². The summed E-state index contributed by atoms with van der Waals surface area (Å²) in [6.45, 7) is 0. The number of aliphatic hydroxyl groups excluding tert-OH is 1. The van der Waals surface area contributed by atoms with Crippen molar-refractivity contribution in [2.24, 2.45) is 0 Å². The molecule has 1 aromatic carbocycles. The number of hydrogen-bond donors (Lipinski definition) is 3. The second kappa shape index (κ2) is 5.02. The Morgan fingerprint density at radius 2 is 2.00 bits per heavy atom. The highest BCUT2D eigenvalue weighted by Crippen LogP contribution is 2.36. The first-order valence-electron chi connectivity index (χ1n) is 4.37. The quantitative estimate of drug-likeness (QED) is 0.738. The van der Waals surface area contributed by atoms with Crippen molar-refractivity contribution in [3.63, 3.8) is 0 Å². The summed E-state index contributed by atoms with van der Waals surface area (Å²) in [5.41, 5.74) is 4.80. The SMILES string of the molecule is Nc1cc(OC(F)(F)F)c(Br)cc1C(O)C(=O)O. The molecule has 1 rings (SSSR count). The van der Waals surface area contributed by atoms with Gasteiger partial charge in [0.05, 0.1) is 4.47 Å². The standard InChI is InChI=1S/C9H7BrF3NO4/c10-4-1-3(7(15)8(16)17)5(14)2-6(4)18-9(11,12)13/h1-2,7,15H,14H2,(H,16,17). The van der Waals surface area contributed by atoms with Gasteiger partial charge in [-0.1, -0.05) is 0 Å². The zero-order valence-electron chi connectivity index (χ0n) is 8.53. The van der Waals surface area contributed by atoms with Crippen LogP contribution in [0.5, 0.6) is 5.75 Å². The van der Waals surface area contributed by atoms with Crippen molar-refractivity contribution < 1.29 is 32.9 Å². The number of aliphatic hydroxyl groups is 1. The van der Waals surface area contributed by atoms with Crippen molar-refractivity contribution >= 4 is 27.6 Å². The molecule has 1 atom stereocenters. The van der Waals surface area contributed by atoms with E-state index in [4.69, 9.17) is 10.8 Å². The van der Waals surface area contributed by atoms with Crippen LogP contribution in [0, 0.1) is 0 Å². The zero-order valence-corrected chi connectivity index (χ0v) is 10.1. The average Bonchev–Trinajstić information content (AvgIpc) is 2.19. The fourth-order valence-corrected chi connectivity index (χ4v) is 1.60. The van der Waals surface area contributed by atoms with Crippen LogP contribution in [-0.2, 0) is 4.79 Å². The lowest BCUT2D eigenvalue weighted by molar-refractivity contribution is -0.274. The van der Waals surface area contributed by atoms with Gasteiger partial charge < -0.3 is 20.7 Å². The molecule has 0 bridgehead atoms. The van der Waals surface area contributed by atoms with Gasteiger partial charge in [0.1, 0.15) is 5.75 Å². The molecule has 18 heavy (non-hydrogen) atoms. The highest BCUT2D eigenvalue weighted by atomic mass is 79.9. The molecule has 0 aliphatic rings. The molecule has 0 aromatic heterocycles. The van der Waals surface area contributed by atoms with Crippen LogP contribution >= 0.6 is 15.9 Å². The van der Waals surface area contributed by atoms with Crippen molar-refractivity contribution in [2.45, 2.75) is 12.5 Å². The van der Waals surface area contributed by atoms with E-state index in [9.17, 15) is 23.1 Å². The van der Waals surface area contributed by atoms with Gasteiger partial charge in [-0.05, 0) is 22.0 Å². The molecule has 4 N–H and O–H groups in total. The van der Waals surface area contributed by atoms with Crippen molar-refractivity contribution in [3.8, 4) is 5.75 Å². The number of nitrogen functional groups attached to an aromatic ring is 1. The third-order valence-corrected chi connectivity index (χ3v) is 2.51. The second-order valence-corrected chi connectivity index (χ2v) is 4.05. The van der Waals surface area contributed by atoms with E-state index < -0.39 is 24.2 Å². The molecule has 0 radical (unpaired) electrons. The lowest BCUT2D eigenvalue weighted by Gasteiger charge is -2.15. The molecule has 5 nitrogen and oxygen atoms in total. The zero-order chi connectivity index (χ0) is 14.1. The Morgan fingerprint density at radius 1 is 1.44 bits per heavy atom. The van der Waals surface area contributed by atoms with Crippen molar-refractivity contribution in [3.05, 3.63) is 22.2 Å². The summed E-state index contributed by atoms with van der Waals surface area (Å²) in [6.07, 6.45) is -6.83. The Kier molecular flexibility index (Phi) is 4.07. The maximum atomic E-state index is 12.0. The highest BCUT2D eigenvalue weighted by molar-refractivity contribution is 9.10. The lowest BCUT2D eigenvalue weighted by Crippen LogP contribution is -2.18. The maximum absolute atomic E-state index is 12.0. The van der Waals surface area contributed by atoms with Crippen molar-refractivity contribution in [2.75, 3.05) is 5.73 Å². The van der Waals surface area contributed by atoms with Crippen LogP contribution in [0.25, 0.3) is 0 Å². The van der Waals surface area contributed by atoms with E-state index in [0.29, 0.717) is 0 Å². The fourth-order valence-electron chi connectivity index (χ4n) is 1.16. The van der Waals surface area contributed by atoms with Gasteiger partial charge in [-0.25, -0.2) is 4.79 Å². The Morgan fingerprint density at radius 3 is 2.44 bits per heavy atom. The van der Waals surface area contributed by atoms with Gasteiger partial charge in [-0.3, -0.25) is 0 Å². The van der Waals surface area contributed by atoms with Gasteiger partial charge in [-0.15, -0.1) is 13.2 Å². The molecular formula is C9H7BrF3NO4. The molecule has 9 heteroatoms. The average molecular weight is 330 g/mol. The minimum Gasteiger partial charge on any atom is -0.479 e. The normalized spacial score (nSPS) is 13.2. The number of alkyl halides is 3. The first-order valence-corrected chi connectivity index (χ1v) is 5.16.